The molecule has 9 heteroatoms. The van der Waals surface area contributed by atoms with Gasteiger partial charge in [-0.2, -0.15) is 5.10 Å². The number of aromatic nitrogens is 4. The average molecular weight is 392 g/mol. The second-order valence-corrected chi connectivity index (χ2v) is 7.50. The van der Waals surface area contributed by atoms with Gasteiger partial charge in [0.1, 0.15) is 0 Å². The van der Waals surface area contributed by atoms with Crippen molar-refractivity contribution in [2.45, 2.75) is 56.6 Å². The van der Waals surface area contributed by atoms with Crippen molar-refractivity contribution in [3.05, 3.63) is 23.8 Å². The molecule has 0 aromatic carbocycles. The molecule has 150 valence electrons. The van der Waals surface area contributed by atoms with Crippen molar-refractivity contribution in [1.82, 2.24) is 19.7 Å². The van der Waals surface area contributed by atoms with Crippen LogP contribution >= 0.6 is 0 Å². The second-order valence-electron chi connectivity index (χ2n) is 7.50. The Labute approximate surface area is 160 Å². The fourth-order valence-electron chi connectivity index (χ4n) is 3.95. The molecule has 1 atom stereocenters. The molecule has 2 aromatic heterocycles. The number of fused-ring (bicyclic) bond motifs is 1. The summed E-state index contributed by atoms with van der Waals surface area (Å²) < 4.78 is 38.5. The largest absolute Gasteiger partial charge is 0.467 e. The summed E-state index contributed by atoms with van der Waals surface area (Å²) in [4.78, 5) is 21.3. The first-order valence-corrected chi connectivity index (χ1v) is 9.21. The van der Waals surface area contributed by atoms with E-state index in [-0.39, 0.29) is 18.9 Å². The van der Waals surface area contributed by atoms with Gasteiger partial charge in [0.2, 0.25) is 0 Å². The van der Waals surface area contributed by atoms with Gasteiger partial charge in [0.15, 0.2) is 17.1 Å². The molecule has 0 N–H and O–H groups in total. The van der Waals surface area contributed by atoms with Gasteiger partial charge >= 0.3 is 5.97 Å². The van der Waals surface area contributed by atoms with Crippen LogP contribution in [0.25, 0.3) is 16.6 Å². The van der Waals surface area contributed by atoms with Crippen LogP contribution in [-0.4, -0.2) is 51.5 Å². The van der Waals surface area contributed by atoms with E-state index in [1.165, 1.54) is 14.2 Å². The molecule has 0 bridgehead atoms. The molecule has 0 aliphatic heterocycles. The highest BCUT2D eigenvalue weighted by Gasteiger charge is 2.47. The molecule has 7 nitrogen and oxygen atoms in total. The normalized spacial score (nSPS) is 24.7. The van der Waals surface area contributed by atoms with Crippen LogP contribution in [0.3, 0.4) is 0 Å². The lowest BCUT2D eigenvalue weighted by atomic mass is 9.85. The van der Waals surface area contributed by atoms with Crippen LogP contribution in [-0.2, 0) is 14.3 Å². The molecule has 2 aromatic rings. The molecule has 2 aliphatic carbocycles. The van der Waals surface area contributed by atoms with E-state index < -0.39 is 17.5 Å². The third kappa shape index (κ3) is 2.97. The number of hydrogen-bond donors (Lipinski definition) is 0. The van der Waals surface area contributed by atoms with E-state index >= 15 is 0 Å². The Hall–Kier alpha value is -2.42. The predicted octanol–water partition coefficient (Wildman–Crippen LogP) is 3.23. The SMILES string of the molecule is COC(=O)C1(OC)CC=C(c2nc(C)c3cnn(C4CC(F)(F)C4)c3n2)CC1. The van der Waals surface area contributed by atoms with E-state index in [0.717, 1.165) is 16.7 Å². The number of hydrogen-bond acceptors (Lipinski definition) is 6. The van der Waals surface area contributed by atoms with Crippen molar-refractivity contribution >= 4 is 22.6 Å². The number of carbonyl (C=O) groups is 1. The first kappa shape index (κ1) is 18.9. The smallest absolute Gasteiger partial charge is 0.338 e. The fraction of sp³-hybridized carbons (Fsp3) is 0.579. The Balaban J connectivity index is 1.67. The molecule has 0 spiro atoms. The van der Waals surface area contributed by atoms with Crippen LogP contribution in [0.2, 0.25) is 0 Å². The van der Waals surface area contributed by atoms with Crippen molar-refractivity contribution in [2.75, 3.05) is 14.2 Å². The van der Waals surface area contributed by atoms with Crippen LogP contribution in [0.1, 0.15) is 49.7 Å². The third-order valence-electron chi connectivity index (χ3n) is 5.77. The maximum Gasteiger partial charge on any atom is 0.338 e. The maximum atomic E-state index is 13.3. The van der Waals surface area contributed by atoms with Gasteiger partial charge in [-0.15, -0.1) is 0 Å². The summed E-state index contributed by atoms with van der Waals surface area (Å²) in [6, 6.07) is -0.351. The van der Waals surface area contributed by atoms with E-state index in [9.17, 15) is 13.6 Å². The number of ether oxygens (including phenoxy) is 2. The van der Waals surface area contributed by atoms with Gasteiger partial charge in [-0.05, 0) is 25.3 Å². The second kappa shape index (κ2) is 6.58. The minimum atomic E-state index is -2.63. The molecule has 1 fully saturated rings. The van der Waals surface area contributed by atoms with Crippen LogP contribution in [0.15, 0.2) is 12.3 Å². The number of carbonyl (C=O) groups excluding carboxylic acids is 1. The zero-order valence-corrected chi connectivity index (χ0v) is 16.0. The molecule has 1 unspecified atom stereocenters. The number of alkyl halides is 2. The molecule has 2 aliphatic rings. The summed E-state index contributed by atoms with van der Waals surface area (Å²) in [6.07, 6.45) is 4.44. The molecule has 4 rings (SSSR count). The summed E-state index contributed by atoms with van der Waals surface area (Å²) in [5.41, 5.74) is 1.22. The number of rotatable bonds is 4. The van der Waals surface area contributed by atoms with Crippen molar-refractivity contribution in [1.29, 1.82) is 0 Å². The quantitative estimate of drug-likeness (QED) is 0.744. The number of methoxy groups -OCH3 is 2. The molecule has 2 heterocycles. The zero-order chi connectivity index (χ0) is 20.1. The highest BCUT2D eigenvalue weighted by Crippen LogP contribution is 2.46. The number of nitrogens with zero attached hydrogens (tertiary/aromatic N) is 4. The van der Waals surface area contributed by atoms with Crippen molar-refractivity contribution in [3.63, 3.8) is 0 Å². The topological polar surface area (TPSA) is 79.1 Å². The number of aryl methyl sites for hydroxylation is 1. The molecule has 0 radical (unpaired) electrons. The molecule has 28 heavy (non-hydrogen) atoms. The third-order valence-corrected chi connectivity index (χ3v) is 5.77. The van der Waals surface area contributed by atoms with Gasteiger partial charge in [-0.25, -0.2) is 28.2 Å². The summed E-state index contributed by atoms with van der Waals surface area (Å²) in [5, 5.41) is 5.04. The molecule has 0 saturated heterocycles. The number of allylic oxidation sites excluding steroid dienone is 1. The van der Waals surface area contributed by atoms with E-state index in [1.807, 2.05) is 13.0 Å². The Bertz CT molecular complexity index is 963. The molecule has 0 amide bonds. The first-order chi connectivity index (χ1) is 13.3. The lowest BCUT2D eigenvalue weighted by Crippen LogP contribution is -2.42. The highest BCUT2D eigenvalue weighted by molar-refractivity contribution is 5.82. The van der Waals surface area contributed by atoms with Crippen LogP contribution < -0.4 is 0 Å². The van der Waals surface area contributed by atoms with E-state index in [2.05, 4.69) is 15.1 Å². The van der Waals surface area contributed by atoms with Crippen molar-refractivity contribution < 1.29 is 23.0 Å². The molecule has 1 saturated carbocycles. The molecular formula is C19H22F2N4O3. The minimum absolute atomic E-state index is 0.222. The van der Waals surface area contributed by atoms with Crippen molar-refractivity contribution in [3.8, 4) is 0 Å². The van der Waals surface area contributed by atoms with Gasteiger partial charge in [-0.3, -0.25) is 0 Å². The monoisotopic (exact) mass is 392 g/mol. The van der Waals surface area contributed by atoms with E-state index in [4.69, 9.17) is 9.47 Å². The Morgan fingerprint density at radius 1 is 1.29 bits per heavy atom. The van der Waals surface area contributed by atoms with Gasteiger partial charge < -0.3 is 9.47 Å². The van der Waals surface area contributed by atoms with Crippen LogP contribution in [0.4, 0.5) is 8.78 Å². The first-order valence-electron chi connectivity index (χ1n) is 9.21. The van der Waals surface area contributed by atoms with Gasteiger partial charge in [0.25, 0.3) is 5.92 Å². The van der Waals surface area contributed by atoms with Gasteiger partial charge in [0, 0.05) is 26.4 Å². The summed E-state index contributed by atoms with van der Waals surface area (Å²) in [5.74, 6) is -2.49. The average Bonchev–Trinajstić information content (AvgIpc) is 3.09. The maximum absolute atomic E-state index is 13.3. The van der Waals surface area contributed by atoms with E-state index in [1.54, 1.807) is 10.9 Å². The Kier molecular flexibility index (Phi) is 4.45. The lowest BCUT2D eigenvalue weighted by Gasteiger charge is -2.35. The summed E-state index contributed by atoms with van der Waals surface area (Å²) >= 11 is 0. The van der Waals surface area contributed by atoms with Crippen molar-refractivity contribution in [2.24, 2.45) is 0 Å². The van der Waals surface area contributed by atoms with E-state index in [0.29, 0.717) is 30.7 Å². The standard InChI is InChI=1S/C19H22F2N4O3/c1-11-14-10-22-25(13-8-19(20,21)9-13)16(14)24-15(23-11)12-4-6-18(28-3,7-5-12)17(26)27-2/h4,10,13H,5-9H2,1-3H3. The Morgan fingerprint density at radius 2 is 2.04 bits per heavy atom. The summed E-state index contributed by atoms with van der Waals surface area (Å²) in [7, 11) is 2.84. The van der Waals surface area contributed by atoms with Crippen LogP contribution in [0, 0.1) is 6.92 Å². The lowest BCUT2D eigenvalue weighted by molar-refractivity contribution is -0.166. The van der Waals surface area contributed by atoms with Gasteiger partial charge in [-0.1, -0.05) is 6.08 Å². The zero-order valence-electron chi connectivity index (χ0n) is 16.0. The summed E-state index contributed by atoms with van der Waals surface area (Å²) in [6.45, 7) is 1.85. The fourth-order valence-corrected chi connectivity index (χ4v) is 3.95. The Morgan fingerprint density at radius 3 is 2.61 bits per heavy atom. The minimum Gasteiger partial charge on any atom is -0.467 e. The van der Waals surface area contributed by atoms with Crippen LogP contribution in [0.5, 0.6) is 0 Å². The number of halogens is 2. The highest BCUT2D eigenvalue weighted by atomic mass is 19.3. The predicted molar refractivity (Wildman–Crippen MR) is 96.9 cm³/mol. The van der Waals surface area contributed by atoms with Gasteiger partial charge in [0.05, 0.1) is 30.4 Å². The molecular weight excluding hydrogens is 370 g/mol. The number of esters is 1.